The second-order valence-corrected chi connectivity index (χ2v) is 2.24. The minimum Gasteiger partial charge on any atom is -0.396 e. The molecule has 1 aliphatic rings. The molecule has 0 aromatic heterocycles. The summed E-state index contributed by atoms with van der Waals surface area (Å²) in [6.45, 7) is 8.07. The average molecular weight is 144 g/mol. The Labute approximate surface area is 62.5 Å². The van der Waals surface area contributed by atoms with Crippen LogP contribution in [0.5, 0.6) is 0 Å². The van der Waals surface area contributed by atoms with Gasteiger partial charge in [-0.2, -0.15) is 0 Å². The molecule has 1 atom stereocenters. The van der Waals surface area contributed by atoms with Gasteiger partial charge in [0, 0.05) is 19.8 Å². The summed E-state index contributed by atoms with van der Waals surface area (Å²) in [5, 5.41) is 8.47. The van der Waals surface area contributed by atoms with Gasteiger partial charge in [0.25, 0.3) is 0 Å². The van der Waals surface area contributed by atoms with Gasteiger partial charge in [0.05, 0.1) is 0 Å². The summed E-state index contributed by atoms with van der Waals surface area (Å²) in [4.78, 5) is 0. The molecule has 0 bridgehead atoms. The topological polar surface area (TPSA) is 29.5 Å². The number of rotatable bonds is 2. The molecule has 0 aromatic carbocycles. The van der Waals surface area contributed by atoms with Gasteiger partial charge in [-0.15, -0.1) is 13.2 Å². The maximum Gasteiger partial charge on any atom is 0.0495 e. The third kappa shape index (κ3) is 3.64. The number of hydrogen-bond donors (Lipinski definition) is 1. The number of ether oxygens (including phenoxy) is 1. The third-order valence-corrected chi connectivity index (χ3v) is 1.56. The number of aliphatic hydroxyl groups excluding tert-OH is 1. The first-order valence-electron chi connectivity index (χ1n) is 3.62. The molecule has 1 N–H and O–H groups in total. The van der Waals surface area contributed by atoms with Gasteiger partial charge in [-0.3, -0.25) is 0 Å². The van der Waals surface area contributed by atoms with E-state index in [1.807, 2.05) is 0 Å². The normalized spacial score (nSPS) is 23.5. The van der Waals surface area contributed by atoms with Crippen molar-refractivity contribution in [3.8, 4) is 0 Å². The lowest BCUT2D eigenvalue weighted by Gasteiger charge is -2.00. The van der Waals surface area contributed by atoms with Crippen molar-refractivity contribution >= 4 is 0 Å². The summed E-state index contributed by atoms with van der Waals surface area (Å²) in [5.74, 6) is 0.639. The van der Waals surface area contributed by atoms with Crippen LogP contribution in [-0.2, 0) is 4.74 Å². The highest BCUT2D eigenvalue weighted by Gasteiger charge is 2.13. The molecule has 0 amide bonds. The van der Waals surface area contributed by atoms with Crippen LogP contribution in [0.1, 0.15) is 12.8 Å². The second-order valence-electron chi connectivity index (χ2n) is 2.24. The van der Waals surface area contributed by atoms with E-state index in [1.54, 1.807) is 0 Å². The summed E-state index contributed by atoms with van der Waals surface area (Å²) in [6.07, 6.45) is 2.06. The molecule has 0 radical (unpaired) electrons. The van der Waals surface area contributed by atoms with Crippen LogP contribution in [0.25, 0.3) is 0 Å². The van der Waals surface area contributed by atoms with E-state index in [2.05, 4.69) is 13.2 Å². The van der Waals surface area contributed by atoms with Crippen LogP contribution in [0, 0.1) is 5.92 Å². The van der Waals surface area contributed by atoms with Crippen molar-refractivity contribution in [3.63, 3.8) is 0 Å². The molecule has 0 aliphatic carbocycles. The van der Waals surface area contributed by atoms with Gasteiger partial charge in [-0.05, 0) is 18.8 Å². The highest BCUT2D eigenvalue weighted by Crippen LogP contribution is 2.14. The Morgan fingerprint density at radius 2 is 2.20 bits per heavy atom. The van der Waals surface area contributed by atoms with Gasteiger partial charge >= 0.3 is 0 Å². The lowest BCUT2D eigenvalue weighted by atomic mass is 10.1. The Kier molecular flexibility index (Phi) is 6.55. The number of aliphatic hydroxyl groups is 1. The summed E-state index contributed by atoms with van der Waals surface area (Å²) in [5.41, 5.74) is 0. The zero-order chi connectivity index (χ0) is 7.82. The summed E-state index contributed by atoms with van der Waals surface area (Å²) >= 11 is 0. The van der Waals surface area contributed by atoms with E-state index in [9.17, 15) is 0 Å². The van der Waals surface area contributed by atoms with E-state index in [0.717, 1.165) is 26.1 Å². The first-order chi connectivity index (χ1) is 4.93. The Hall–Kier alpha value is -0.340. The fraction of sp³-hybridized carbons (Fsp3) is 0.750. The van der Waals surface area contributed by atoms with Gasteiger partial charge < -0.3 is 9.84 Å². The van der Waals surface area contributed by atoms with E-state index in [-0.39, 0.29) is 0 Å². The van der Waals surface area contributed by atoms with Crippen LogP contribution in [0.2, 0.25) is 0 Å². The van der Waals surface area contributed by atoms with Crippen LogP contribution < -0.4 is 0 Å². The quantitative estimate of drug-likeness (QED) is 0.590. The van der Waals surface area contributed by atoms with Gasteiger partial charge in [-0.25, -0.2) is 0 Å². The molecule has 0 spiro atoms. The molecule has 2 nitrogen and oxygen atoms in total. The molecule has 1 rings (SSSR count). The third-order valence-electron chi connectivity index (χ3n) is 1.56. The molecular weight excluding hydrogens is 128 g/mol. The fourth-order valence-corrected chi connectivity index (χ4v) is 0.994. The largest absolute Gasteiger partial charge is 0.396 e. The first-order valence-corrected chi connectivity index (χ1v) is 3.62. The van der Waals surface area contributed by atoms with E-state index in [0.29, 0.717) is 12.5 Å². The molecule has 2 heteroatoms. The zero-order valence-corrected chi connectivity index (χ0v) is 6.38. The van der Waals surface area contributed by atoms with Crippen LogP contribution in [-0.4, -0.2) is 24.9 Å². The van der Waals surface area contributed by atoms with Crippen molar-refractivity contribution in [3.05, 3.63) is 13.2 Å². The van der Waals surface area contributed by atoms with E-state index < -0.39 is 0 Å². The fourth-order valence-electron chi connectivity index (χ4n) is 0.994. The Bertz CT molecular complexity index is 67.7. The van der Waals surface area contributed by atoms with E-state index >= 15 is 0 Å². The van der Waals surface area contributed by atoms with Gasteiger partial charge in [-0.1, -0.05) is 0 Å². The molecule has 60 valence electrons. The van der Waals surface area contributed by atoms with Crippen molar-refractivity contribution < 1.29 is 9.84 Å². The monoisotopic (exact) mass is 144 g/mol. The van der Waals surface area contributed by atoms with Crippen LogP contribution >= 0.6 is 0 Å². The van der Waals surface area contributed by atoms with Gasteiger partial charge in [0.1, 0.15) is 0 Å². The lowest BCUT2D eigenvalue weighted by Crippen LogP contribution is -2.00. The Balaban J connectivity index is 0.000000371. The zero-order valence-electron chi connectivity index (χ0n) is 6.38. The summed E-state index contributed by atoms with van der Waals surface area (Å²) in [6, 6.07) is 0. The Morgan fingerprint density at radius 3 is 2.60 bits per heavy atom. The van der Waals surface area contributed by atoms with Crippen LogP contribution in [0.4, 0.5) is 0 Å². The second kappa shape index (κ2) is 6.78. The maximum absolute atomic E-state index is 8.47. The van der Waals surface area contributed by atoms with Crippen molar-refractivity contribution in [2.24, 2.45) is 5.92 Å². The molecule has 1 saturated heterocycles. The van der Waals surface area contributed by atoms with Gasteiger partial charge in [0.15, 0.2) is 0 Å². The molecule has 0 aromatic rings. The summed E-state index contributed by atoms with van der Waals surface area (Å²) < 4.78 is 5.10. The van der Waals surface area contributed by atoms with Crippen LogP contribution in [0.3, 0.4) is 0 Å². The molecule has 10 heavy (non-hydrogen) atoms. The number of hydrogen-bond acceptors (Lipinski definition) is 2. The maximum atomic E-state index is 8.47. The SMILES string of the molecule is C=C.OCC[C@H]1CCOC1. The minimum absolute atomic E-state index is 0.314. The molecule has 0 saturated carbocycles. The van der Waals surface area contributed by atoms with Gasteiger partial charge in [0.2, 0.25) is 0 Å². The molecule has 1 aliphatic heterocycles. The molecule has 1 fully saturated rings. The smallest absolute Gasteiger partial charge is 0.0495 e. The van der Waals surface area contributed by atoms with Crippen molar-refractivity contribution in [1.82, 2.24) is 0 Å². The van der Waals surface area contributed by atoms with E-state index in [1.165, 1.54) is 0 Å². The highest BCUT2D eigenvalue weighted by atomic mass is 16.5. The van der Waals surface area contributed by atoms with Crippen molar-refractivity contribution in [2.45, 2.75) is 12.8 Å². The standard InChI is InChI=1S/C6H12O2.C2H4/c7-3-1-6-2-4-8-5-6;1-2/h6-7H,1-5H2;1-2H2/t6-;/m0./s1. The predicted molar refractivity (Wildman–Crippen MR) is 41.9 cm³/mol. The minimum atomic E-state index is 0.314. The highest BCUT2D eigenvalue weighted by molar-refractivity contribution is 4.62. The first kappa shape index (κ1) is 9.66. The molecule has 1 heterocycles. The van der Waals surface area contributed by atoms with Crippen LogP contribution in [0.15, 0.2) is 13.2 Å². The average Bonchev–Trinajstić information content (AvgIpc) is 2.46. The van der Waals surface area contributed by atoms with Crippen molar-refractivity contribution in [2.75, 3.05) is 19.8 Å². The van der Waals surface area contributed by atoms with Crippen molar-refractivity contribution in [1.29, 1.82) is 0 Å². The van der Waals surface area contributed by atoms with E-state index in [4.69, 9.17) is 9.84 Å². The predicted octanol–water partition coefficient (Wildman–Crippen LogP) is 1.21. The Morgan fingerprint density at radius 1 is 1.50 bits per heavy atom. The summed E-state index contributed by atoms with van der Waals surface area (Å²) in [7, 11) is 0. The molecule has 0 unspecified atom stereocenters. The lowest BCUT2D eigenvalue weighted by molar-refractivity contribution is 0.175. The molecular formula is C8H16O2.